The summed E-state index contributed by atoms with van der Waals surface area (Å²) in [6, 6.07) is 6.79. The smallest absolute Gasteiger partial charge is 0.235 e. The van der Waals surface area contributed by atoms with Crippen LogP contribution in [-0.2, 0) is 21.2 Å². The van der Waals surface area contributed by atoms with Gasteiger partial charge >= 0.3 is 0 Å². The van der Waals surface area contributed by atoms with Gasteiger partial charge < -0.3 is 5.32 Å². The molecule has 1 fully saturated rings. The molecule has 0 aliphatic carbocycles. The predicted octanol–water partition coefficient (Wildman–Crippen LogP) is 3.42. The first-order chi connectivity index (χ1) is 14.7. The Kier molecular flexibility index (Phi) is 5.65. The number of sulfonamides is 1. The molecular weight excluding hydrogens is 438 g/mol. The Morgan fingerprint density at radius 2 is 2.00 bits per heavy atom. The lowest BCUT2D eigenvalue weighted by molar-refractivity contribution is -0.116. The van der Waals surface area contributed by atoms with Gasteiger partial charge in [0.25, 0.3) is 0 Å². The van der Waals surface area contributed by atoms with Crippen LogP contribution in [0.3, 0.4) is 0 Å². The number of amides is 1. The van der Waals surface area contributed by atoms with E-state index in [1.807, 2.05) is 26.8 Å². The molecule has 31 heavy (non-hydrogen) atoms. The molecule has 2 aromatic heterocycles. The fourth-order valence-corrected chi connectivity index (χ4v) is 5.67. The summed E-state index contributed by atoms with van der Waals surface area (Å²) in [5, 5.41) is 7.64. The van der Waals surface area contributed by atoms with Gasteiger partial charge in [-0.05, 0) is 57.4 Å². The van der Waals surface area contributed by atoms with Crippen molar-refractivity contribution in [1.29, 1.82) is 0 Å². The minimum Gasteiger partial charge on any atom is -0.325 e. The van der Waals surface area contributed by atoms with Crippen LogP contribution < -0.4 is 9.62 Å². The Morgan fingerprint density at radius 1 is 1.23 bits per heavy atom. The summed E-state index contributed by atoms with van der Waals surface area (Å²) in [7, 11) is -3.31. The highest BCUT2D eigenvalue weighted by atomic mass is 35.5. The zero-order valence-electron chi connectivity index (χ0n) is 17.6. The van der Waals surface area contributed by atoms with Crippen molar-refractivity contribution in [3.63, 3.8) is 0 Å². The summed E-state index contributed by atoms with van der Waals surface area (Å²) in [6.45, 7) is 6.25. The topological polar surface area (TPSA) is 96.7 Å². The van der Waals surface area contributed by atoms with Crippen LogP contribution in [0.4, 0.5) is 11.4 Å². The summed E-state index contributed by atoms with van der Waals surface area (Å²) < 4.78 is 27.5. The average Bonchev–Trinajstić information content (AvgIpc) is 3.24. The largest absolute Gasteiger partial charge is 0.325 e. The standard InChI is InChI=1S/C21H24ClN5O3S/c1-13-11-20-23-14(2)17(15(3)27(20)25-13)6-8-21(28)24-19-12-16(5-7-18(19)22)26-9-4-10-31(26,29)30/h5,7,11-12H,4,6,8-10H2,1-3H3,(H,24,28). The van der Waals surface area contributed by atoms with Crippen LogP contribution in [0, 0.1) is 20.8 Å². The van der Waals surface area contributed by atoms with Crippen molar-refractivity contribution in [1.82, 2.24) is 14.6 Å². The molecule has 1 saturated heterocycles. The van der Waals surface area contributed by atoms with Crippen molar-refractivity contribution in [2.45, 2.75) is 40.0 Å². The molecular formula is C21H24ClN5O3S. The van der Waals surface area contributed by atoms with E-state index in [2.05, 4.69) is 15.4 Å². The maximum Gasteiger partial charge on any atom is 0.235 e. The summed E-state index contributed by atoms with van der Waals surface area (Å²) in [6.07, 6.45) is 1.32. The number of benzene rings is 1. The van der Waals surface area contributed by atoms with E-state index >= 15 is 0 Å². The molecule has 3 heterocycles. The van der Waals surface area contributed by atoms with E-state index in [9.17, 15) is 13.2 Å². The van der Waals surface area contributed by atoms with E-state index in [1.54, 1.807) is 22.7 Å². The number of anilines is 2. The molecule has 1 amide bonds. The quantitative estimate of drug-likeness (QED) is 0.628. The van der Waals surface area contributed by atoms with Crippen LogP contribution in [0.15, 0.2) is 24.3 Å². The van der Waals surface area contributed by atoms with Gasteiger partial charge in [0.15, 0.2) is 5.65 Å². The Labute approximate surface area is 186 Å². The summed E-state index contributed by atoms with van der Waals surface area (Å²) in [4.78, 5) is 17.2. The van der Waals surface area contributed by atoms with Crippen LogP contribution in [0.25, 0.3) is 5.65 Å². The third-order valence-electron chi connectivity index (χ3n) is 5.50. The van der Waals surface area contributed by atoms with E-state index in [4.69, 9.17) is 11.6 Å². The second-order valence-corrected chi connectivity index (χ2v) is 10.2. The number of halogens is 1. The Morgan fingerprint density at radius 3 is 2.71 bits per heavy atom. The highest BCUT2D eigenvalue weighted by Crippen LogP contribution is 2.31. The van der Waals surface area contributed by atoms with E-state index in [-0.39, 0.29) is 18.1 Å². The number of hydrogen-bond acceptors (Lipinski definition) is 5. The van der Waals surface area contributed by atoms with Crippen molar-refractivity contribution in [2.75, 3.05) is 21.9 Å². The second kappa shape index (κ2) is 8.12. The summed E-state index contributed by atoms with van der Waals surface area (Å²) in [5.41, 5.74) is 5.40. The van der Waals surface area contributed by atoms with Crippen molar-refractivity contribution in [3.8, 4) is 0 Å². The molecule has 3 aromatic rings. The number of rotatable bonds is 5. The molecule has 1 aromatic carbocycles. The van der Waals surface area contributed by atoms with Gasteiger partial charge in [-0.1, -0.05) is 11.6 Å². The maximum atomic E-state index is 12.6. The number of hydrogen-bond donors (Lipinski definition) is 1. The number of nitrogens with one attached hydrogen (secondary N) is 1. The first-order valence-corrected chi connectivity index (χ1v) is 12.1. The zero-order valence-corrected chi connectivity index (χ0v) is 19.2. The van der Waals surface area contributed by atoms with E-state index in [1.165, 1.54) is 4.31 Å². The van der Waals surface area contributed by atoms with Gasteiger partial charge in [0.05, 0.1) is 27.8 Å². The lowest BCUT2D eigenvalue weighted by Gasteiger charge is -2.18. The normalized spacial score (nSPS) is 15.5. The highest BCUT2D eigenvalue weighted by Gasteiger charge is 2.28. The highest BCUT2D eigenvalue weighted by molar-refractivity contribution is 7.93. The van der Waals surface area contributed by atoms with E-state index < -0.39 is 10.0 Å². The van der Waals surface area contributed by atoms with E-state index in [0.717, 1.165) is 28.3 Å². The number of fused-ring (bicyclic) bond motifs is 1. The first-order valence-electron chi connectivity index (χ1n) is 10.1. The molecule has 1 aliphatic rings. The number of nitrogens with zero attached hydrogens (tertiary/aromatic N) is 4. The fourth-order valence-electron chi connectivity index (χ4n) is 3.95. The summed E-state index contributed by atoms with van der Waals surface area (Å²) >= 11 is 6.25. The molecule has 8 nitrogen and oxygen atoms in total. The molecule has 164 valence electrons. The SMILES string of the molecule is Cc1cc2nc(C)c(CCC(=O)Nc3cc(N4CCCS4(=O)=O)ccc3Cl)c(C)n2n1. The zero-order chi connectivity index (χ0) is 22.3. The lowest BCUT2D eigenvalue weighted by Crippen LogP contribution is -2.25. The second-order valence-electron chi connectivity index (χ2n) is 7.77. The Hall–Kier alpha value is -2.65. The molecule has 0 spiro atoms. The number of carbonyl (C=O) groups excluding carboxylic acids is 1. The molecule has 1 aliphatic heterocycles. The fraction of sp³-hybridized carbons (Fsp3) is 0.381. The van der Waals surface area contributed by atoms with Crippen molar-refractivity contribution < 1.29 is 13.2 Å². The predicted molar refractivity (Wildman–Crippen MR) is 121 cm³/mol. The van der Waals surface area contributed by atoms with Gasteiger partial charge in [0.1, 0.15) is 0 Å². The Bertz CT molecular complexity index is 1290. The molecule has 0 radical (unpaired) electrons. The molecule has 0 bridgehead atoms. The van der Waals surface area contributed by atoms with Gasteiger partial charge in [-0.3, -0.25) is 9.10 Å². The molecule has 1 N–H and O–H groups in total. The number of carbonyl (C=O) groups is 1. The molecule has 0 unspecified atom stereocenters. The van der Waals surface area contributed by atoms with E-state index in [0.29, 0.717) is 35.8 Å². The van der Waals surface area contributed by atoms with Crippen LogP contribution in [-0.4, -0.2) is 41.2 Å². The minimum atomic E-state index is -3.31. The van der Waals surface area contributed by atoms with Gasteiger partial charge in [0, 0.05) is 30.4 Å². The molecule has 0 saturated carbocycles. The third-order valence-corrected chi connectivity index (χ3v) is 7.70. The number of aromatic nitrogens is 3. The molecule has 10 heteroatoms. The van der Waals surface area contributed by atoms with Crippen molar-refractivity contribution >= 4 is 44.6 Å². The van der Waals surface area contributed by atoms with Gasteiger partial charge in [-0.2, -0.15) is 5.10 Å². The minimum absolute atomic E-state index is 0.129. The third kappa shape index (κ3) is 4.24. The molecule has 4 rings (SSSR count). The van der Waals surface area contributed by atoms with Gasteiger partial charge in [0.2, 0.25) is 15.9 Å². The number of aryl methyl sites for hydroxylation is 3. The van der Waals surface area contributed by atoms with Crippen LogP contribution in [0.5, 0.6) is 0 Å². The Balaban J connectivity index is 1.50. The van der Waals surface area contributed by atoms with Crippen LogP contribution in [0.1, 0.15) is 35.5 Å². The van der Waals surface area contributed by atoms with Gasteiger partial charge in [-0.15, -0.1) is 0 Å². The average molecular weight is 462 g/mol. The summed E-state index contributed by atoms with van der Waals surface area (Å²) in [5.74, 6) is -0.0802. The maximum absolute atomic E-state index is 12.6. The lowest BCUT2D eigenvalue weighted by atomic mass is 10.1. The van der Waals surface area contributed by atoms with Crippen molar-refractivity contribution in [2.24, 2.45) is 0 Å². The first kappa shape index (κ1) is 21.6. The van der Waals surface area contributed by atoms with Gasteiger partial charge in [-0.25, -0.2) is 17.9 Å². The van der Waals surface area contributed by atoms with Crippen molar-refractivity contribution in [3.05, 3.63) is 51.9 Å². The molecule has 0 atom stereocenters. The monoisotopic (exact) mass is 461 g/mol. The van der Waals surface area contributed by atoms with Crippen LogP contribution >= 0.6 is 11.6 Å². The van der Waals surface area contributed by atoms with Crippen LogP contribution in [0.2, 0.25) is 5.02 Å².